The molecule has 0 atom stereocenters. The number of thioether (sulfide) groups is 1. The van der Waals surface area contributed by atoms with Gasteiger partial charge in [0.25, 0.3) is 5.91 Å². The zero-order chi connectivity index (χ0) is 18.1. The predicted molar refractivity (Wildman–Crippen MR) is 110 cm³/mol. The minimum Gasteiger partial charge on any atom is -0.506 e. The van der Waals surface area contributed by atoms with Crippen LogP contribution in [0, 0.1) is 13.8 Å². The standard InChI is InChI=1S/C18H14Br2N2O2S/c1-9-3-10(2)5-12(4-9)21-18-22-17(24)15(25-18)8-11-6-13(19)16(23)14(20)7-11/h3-8,23H,1-2H3,(H,21,22,24)/b15-8+. The van der Waals surface area contributed by atoms with E-state index < -0.39 is 0 Å². The summed E-state index contributed by atoms with van der Waals surface area (Å²) in [5, 5.41) is 13.1. The van der Waals surface area contributed by atoms with Crippen LogP contribution < -0.4 is 5.32 Å². The second kappa shape index (κ2) is 7.35. The third kappa shape index (κ3) is 4.34. The summed E-state index contributed by atoms with van der Waals surface area (Å²) in [7, 11) is 0. The monoisotopic (exact) mass is 480 g/mol. The molecule has 0 unspecified atom stereocenters. The largest absolute Gasteiger partial charge is 0.506 e. The number of amidine groups is 1. The van der Waals surface area contributed by atoms with Crippen LogP contribution in [-0.2, 0) is 4.79 Å². The maximum absolute atomic E-state index is 12.2. The fraction of sp³-hybridized carbons (Fsp3) is 0.111. The van der Waals surface area contributed by atoms with Crippen molar-refractivity contribution in [2.45, 2.75) is 13.8 Å². The zero-order valence-electron chi connectivity index (χ0n) is 13.4. The van der Waals surface area contributed by atoms with Crippen LogP contribution in [0.15, 0.2) is 49.2 Å². The first-order chi connectivity index (χ1) is 11.8. The molecule has 1 amide bonds. The molecule has 1 saturated heterocycles. The Balaban J connectivity index is 1.88. The molecule has 0 aromatic heterocycles. The number of benzene rings is 2. The summed E-state index contributed by atoms with van der Waals surface area (Å²) in [6.07, 6.45) is 1.76. The third-order valence-electron chi connectivity index (χ3n) is 3.42. The van der Waals surface area contributed by atoms with Crippen molar-refractivity contribution >= 4 is 66.5 Å². The van der Waals surface area contributed by atoms with E-state index in [0.29, 0.717) is 19.0 Å². The summed E-state index contributed by atoms with van der Waals surface area (Å²) in [4.78, 5) is 17.3. The summed E-state index contributed by atoms with van der Waals surface area (Å²) >= 11 is 7.87. The van der Waals surface area contributed by atoms with Crippen LogP contribution >= 0.6 is 43.6 Å². The number of aliphatic imine (C=N–C) groups is 1. The van der Waals surface area contributed by atoms with E-state index in [4.69, 9.17) is 0 Å². The topological polar surface area (TPSA) is 61.7 Å². The van der Waals surface area contributed by atoms with Gasteiger partial charge in [0.2, 0.25) is 0 Å². The van der Waals surface area contributed by atoms with Gasteiger partial charge in [-0.15, -0.1) is 0 Å². The van der Waals surface area contributed by atoms with E-state index in [1.165, 1.54) is 11.8 Å². The van der Waals surface area contributed by atoms with E-state index >= 15 is 0 Å². The molecule has 1 heterocycles. The molecular formula is C18H14Br2N2O2S. The number of halogens is 2. The molecule has 1 aliphatic rings. The van der Waals surface area contributed by atoms with Crippen molar-refractivity contribution in [3.63, 3.8) is 0 Å². The lowest BCUT2D eigenvalue weighted by molar-refractivity contribution is -0.115. The molecule has 0 aliphatic carbocycles. The van der Waals surface area contributed by atoms with Crippen LogP contribution in [0.4, 0.5) is 5.69 Å². The first-order valence-electron chi connectivity index (χ1n) is 7.38. The average molecular weight is 482 g/mol. The average Bonchev–Trinajstić information content (AvgIpc) is 2.83. The number of phenolic OH excluding ortho intramolecular Hbond substituents is 1. The van der Waals surface area contributed by atoms with Crippen molar-refractivity contribution in [1.29, 1.82) is 0 Å². The summed E-state index contributed by atoms with van der Waals surface area (Å²) in [6.45, 7) is 4.03. The smallest absolute Gasteiger partial charge is 0.264 e. The van der Waals surface area contributed by atoms with Gasteiger partial charge in [0.1, 0.15) is 5.75 Å². The Morgan fingerprint density at radius 2 is 1.68 bits per heavy atom. The Bertz CT molecular complexity index is 895. The summed E-state index contributed by atoms with van der Waals surface area (Å²) in [5.74, 6) is -0.0591. The molecule has 0 saturated carbocycles. The van der Waals surface area contributed by atoms with Crippen LogP contribution in [0.3, 0.4) is 0 Å². The molecule has 7 heteroatoms. The van der Waals surface area contributed by atoms with Gasteiger partial charge >= 0.3 is 0 Å². The number of hydrogen-bond acceptors (Lipinski definition) is 4. The second-order valence-electron chi connectivity index (χ2n) is 5.66. The van der Waals surface area contributed by atoms with Gasteiger partial charge in [0.05, 0.1) is 19.5 Å². The predicted octanol–water partition coefficient (Wildman–Crippen LogP) is 5.43. The van der Waals surface area contributed by atoms with Gasteiger partial charge in [-0.25, -0.2) is 4.99 Å². The number of carbonyl (C=O) groups is 1. The highest BCUT2D eigenvalue weighted by molar-refractivity contribution is 9.11. The normalized spacial score (nSPS) is 17.4. The third-order valence-corrected chi connectivity index (χ3v) is 5.54. The van der Waals surface area contributed by atoms with E-state index in [2.05, 4.69) is 48.2 Å². The molecular weight excluding hydrogens is 468 g/mol. The molecule has 2 aromatic carbocycles. The van der Waals surface area contributed by atoms with E-state index in [9.17, 15) is 9.90 Å². The number of carbonyl (C=O) groups excluding carboxylic acids is 1. The maximum Gasteiger partial charge on any atom is 0.264 e. The number of aromatic hydroxyl groups is 1. The van der Waals surface area contributed by atoms with Crippen LogP contribution in [0.2, 0.25) is 0 Å². The molecule has 1 aliphatic heterocycles. The minimum absolute atomic E-state index is 0.128. The highest BCUT2D eigenvalue weighted by atomic mass is 79.9. The number of nitrogens with one attached hydrogen (secondary N) is 1. The molecule has 3 rings (SSSR count). The van der Waals surface area contributed by atoms with Crippen LogP contribution in [0.5, 0.6) is 5.75 Å². The fourth-order valence-corrected chi connectivity index (χ4v) is 4.50. The highest BCUT2D eigenvalue weighted by Crippen LogP contribution is 2.35. The molecule has 128 valence electrons. The molecule has 1 fully saturated rings. The lowest BCUT2D eigenvalue weighted by atomic mass is 10.1. The second-order valence-corrected chi connectivity index (χ2v) is 8.40. The number of hydrogen-bond donors (Lipinski definition) is 2. The van der Waals surface area contributed by atoms with Gasteiger partial charge in [0.15, 0.2) is 5.17 Å². The quantitative estimate of drug-likeness (QED) is 0.562. The molecule has 0 spiro atoms. The Morgan fingerprint density at radius 3 is 2.28 bits per heavy atom. The highest BCUT2D eigenvalue weighted by Gasteiger charge is 2.24. The molecule has 0 bridgehead atoms. The zero-order valence-corrected chi connectivity index (χ0v) is 17.4. The van der Waals surface area contributed by atoms with Crippen LogP contribution in [-0.4, -0.2) is 16.2 Å². The first-order valence-corrected chi connectivity index (χ1v) is 9.78. The Labute approximate surface area is 166 Å². The molecule has 25 heavy (non-hydrogen) atoms. The van der Waals surface area contributed by atoms with Gasteiger partial charge < -0.3 is 10.4 Å². The lowest BCUT2D eigenvalue weighted by Crippen LogP contribution is -2.19. The van der Waals surface area contributed by atoms with Crippen molar-refractivity contribution < 1.29 is 9.90 Å². The Hall–Kier alpha value is -1.57. The SMILES string of the molecule is Cc1cc(C)cc(N=C2NC(=O)/C(=C\c3cc(Br)c(O)c(Br)c3)S2)c1. The summed E-state index contributed by atoms with van der Waals surface area (Å²) in [5.41, 5.74) is 3.87. The Kier molecular flexibility index (Phi) is 5.36. The van der Waals surface area contributed by atoms with Crippen molar-refractivity contribution in [3.05, 3.63) is 60.9 Å². The lowest BCUT2D eigenvalue weighted by Gasteiger charge is -2.02. The van der Waals surface area contributed by atoms with Gasteiger partial charge in [-0.3, -0.25) is 4.79 Å². The van der Waals surface area contributed by atoms with Crippen molar-refractivity contribution in [1.82, 2.24) is 5.32 Å². The minimum atomic E-state index is -0.187. The van der Waals surface area contributed by atoms with Gasteiger partial charge in [-0.2, -0.15) is 0 Å². The number of nitrogens with zero attached hydrogens (tertiary/aromatic N) is 1. The molecule has 4 nitrogen and oxygen atoms in total. The van der Waals surface area contributed by atoms with Gasteiger partial charge in [-0.1, -0.05) is 6.07 Å². The van der Waals surface area contributed by atoms with E-state index in [-0.39, 0.29) is 11.7 Å². The van der Waals surface area contributed by atoms with Crippen molar-refractivity contribution in [3.8, 4) is 5.75 Å². The van der Waals surface area contributed by atoms with Crippen molar-refractivity contribution in [2.75, 3.05) is 0 Å². The maximum atomic E-state index is 12.2. The molecule has 2 aromatic rings. The van der Waals surface area contributed by atoms with Gasteiger partial charge in [0, 0.05) is 0 Å². The fourth-order valence-electron chi connectivity index (χ4n) is 2.43. The molecule has 0 radical (unpaired) electrons. The van der Waals surface area contributed by atoms with E-state index in [0.717, 1.165) is 22.4 Å². The number of amides is 1. The van der Waals surface area contributed by atoms with Crippen molar-refractivity contribution in [2.24, 2.45) is 4.99 Å². The number of aryl methyl sites for hydroxylation is 2. The van der Waals surface area contributed by atoms with E-state index in [1.54, 1.807) is 18.2 Å². The van der Waals surface area contributed by atoms with E-state index in [1.807, 2.05) is 26.0 Å². The first kappa shape index (κ1) is 18.2. The number of rotatable bonds is 2. The Morgan fingerprint density at radius 1 is 1.08 bits per heavy atom. The van der Waals surface area contributed by atoms with Crippen LogP contribution in [0.1, 0.15) is 16.7 Å². The van der Waals surface area contributed by atoms with Crippen LogP contribution in [0.25, 0.3) is 6.08 Å². The molecule has 2 N–H and O–H groups in total. The van der Waals surface area contributed by atoms with Gasteiger partial charge in [-0.05, 0) is 105 Å². The summed E-state index contributed by atoms with van der Waals surface area (Å²) in [6, 6.07) is 9.53. The summed E-state index contributed by atoms with van der Waals surface area (Å²) < 4.78 is 1.11. The number of phenols is 1.